The molecular weight excluding hydrogens is 504 g/mol. The molecule has 3 rings (SSSR count). The van der Waals surface area contributed by atoms with E-state index in [4.69, 9.17) is 23.2 Å². The van der Waals surface area contributed by atoms with Crippen LogP contribution in [0.4, 0.5) is 10.1 Å². The first-order valence-electron chi connectivity index (χ1n) is 11.8. The molecule has 2 aromatic rings. The van der Waals surface area contributed by atoms with Crippen molar-refractivity contribution >= 4 is 47.0 Å². The zero-order valence-corrected chi connectivity index (χ0v) is 22.8. The lowest BCUT2D eigenvalue weighted by Gasteiger charge is -2.31. The third kappa shape index (κ3) is 9.19. The first-order chi connectivity index (χ1) is 16.8. The van der Waals surface area contributed by atoms with Crippen LogP contribution in [0.15, 0.2) is 36.4 Å². The average molecular weight is 538 g/mol. The summed E-state index contributed by atoms with van der Waals surface area (Å²) in [5.41, 5.74) is 2.00. The van der Waals surface area contributed by atoms with E-state index in [9.17, 15) is 18.8 Å². The van der Waals surface area contributed by atoms with Gasteiger partial charge in [0.2, 0.25) is 12.3 Å². The zero-order valence-electron chi connectivity index (χ0n) is 21.3. The van der Waals surface area contributed by atoms with E-state index in [1.807, 2.05) is 0 Å². The van der Waals surface area contributed by atoms with E-state index in [1.54, 1.807) is 37.3 Å². The van der Waals surface area contributed by atoms with Gasteiger partial charge in [0.1, 0.15) is 11.6 Å². The minimum Gasteiger partial charge on any atom is -0.351 e. The molecule has 0 heterocycles. The van der Waals surface area contributed by atoms with E-state index < -0.39 is 17.8 Å². The van der Waals surface area contributed by atoms with Crippen molar-refractivity contribution in [3.8, 4) is 0 Å². The van der Waals surface area contributed by atoms with Gasteiger partial charge in [-0.2, -0.15) is 0 Å². The molecule has 1 saturated carbocycles. The quantitative estimate of drug-likeness (QED) is 0.349. The lowest BCUT2D eigenvalue weighted by molar-refractivity contribution is -0.129. The highest BCUT2D eigenvalue weighted by molar-refractivity contribution is 6.31. The molecule has 0 radical (unpaired) electrons. The fraction of sp³-hybridized carbons (Fsp3) is 0.444. The van der Waals surface area contributed by atoms with Gasteiger partial charge in [0.15, 0.2) is 0 Å². The van der Waals surface area contributed by atoms with Crippen molar-refractivity contribution in [2.45, 2.75) is 72.0 Å². The van der Waals surface area contributed by atoms with Gasteiger partial charge in [-0.1, -0.05) is 76.0 Å². The molecule has 0 saturated heterocycles. The maximum absolute atomic E-state index is 14.6. The smallest absolute Gasteiger partial charge is 0.238 e. The fourth-order valence-corrected chi connectivity index (χ4v) is 3.91. The molecule has 6 nitrogen and oxygen atoms in total. The second-order valence-electron chi connectivity index (χ2n) is 10.5. The Hall–Kier alpha value is -2.48. The topological polar surface area (TPSA) is 87.3 Å². The Balaban J connectivity index is 0.000000830. The Bertz CT molecular complexity index is 1070. The Labute approximate surface area is 222 Å². The molecule has 2 unspecified atom stereocenters. The highest BCUT2D eigenvalue weighted by atomic mass is 35.5. The van der Waals surface area contributed by atoms with Gasteiger partial charge in [0.25, 0.3) is 0 Å². The molecule has 0 bridgehead atoms. The van der Waals surface area contributed by atoms with E-state index in [2.05, 4.69) is 43.6 Å². The largest absolute Gasteiger partial charge is 0.351 e. The molecule has 2 aromatic carbocycles. The highest BCUT2D eigenvalue weighted by Crippen LogP contribution is 2.28. The molecule has 9 heteroatoms. The number of rotatable bonds is 9. The van der Waals surface area contributed by atoms with Crippen molar-refractivity contribution in [1.29, 1.82) is 0 Å². The van der Waals surface area contributed by atoms with Crippen LogP contribution in [0.5, 0.6) is 0 Å². The number of benzene rings is 2. The molecule has 1 fully saturated rings. The maximum atomic E-state index is 14.6. The summed E-state index contributed by atoms with van der Waals surface area (Å²) in [4.78, 5) is 35.2. The number of nitrogens with one attached hydrogen (secondary N) is 3. The molecule has 2 amide bonds. The number of carbonyl (C=O) groups excluding carboxylic acids is 3. The molecule has 196 valence electrons. The number of carbonyl (C=O) groups is 3. The third-order valence-electron chi connectivity index (χ3n) is 5.35. The van der Waals surface area contributed by atoms with E-state index >= 15 is 0 Å². The Morgan fingerprint density at radius 3 is 2.39 bits per heavy atom. The van der Waals surface area contributed by atoms with Gasteiger partial charge in [-0.15, -0.1) is 0 Å². The van der Waals surface area contributed by atoms with Gasteiger partial charge in [-0.25, -0.2) is 4.39 Å². The minimum atomic E-state index is -0.816. The van der Waals surface area contributed by atoms with Crippen LogP contribution in [-0.2, 0) is 20.9 Å². The predicted molar refractivity (Wildman–Crippen MR) is 143 cm³/mol. The lowest BCUT2D eigenvalue weighted by Crippen LogP contribution is -2.53. The molecule has 2 atom stereocenters. The van der Waals surface area contributed by atoms with Crippen molar-refractivity contribution < 1.29 is 18.8 Å². The number of anilines is 1. The summed E-state index contributed by atoms with van der Waals surface area (Å²) in [6, 6.07) is 8.62. The maximum Gasteiger partial charge on any atom is 0.238 e. The lowest BCUT2D eigenvalue weighted by atomic mass is 9.88. The third-order valence-corrected chi connectivity index (χ3v) is 5.87. The van der Waals surface area contributed by atoms with E-state index in [0.29, 0.717) is 46.5 Å². The summed E-state index contributed by atoms with van der Waals surface area (Å²) in [6.45, 7) is 10.7. The van der Waals surface area contributed by atoms with Gasteiger partial charge in [0, 0.05) is 42.1 Å². The second kappa shape index (κ2) is 13.2. The van der Waals surface area contributed by atoms with Gasteiger partial charge >= 0.3 is 0 Å². The highest BCUT2D eigenvalue weighted by Gasteiger charge is 2.33. The van der Waals surface area contributed by atoms with Crippen molar-refractivity contribution in [2.75, 3.05) is 5.32 Å². The Kier molecular flexibility index (Phi) is 10.9. The van der Waals surface area contributed by atoms with E-state index in [-0.39, 0.29) is 29.3 Å². The van der Waals surface area contributed by atoms with E-state index in [0.717, 1.165) is 0 Å². The number of ketones is 1. The fourth-order valence-electron chi connectivity index (χ4n) is 3.55. The van der Waals surface area contributed by atoms with Crippen LogP contribution < -0.4 is 16.0 Å². The second-order valence-corrected chi connectivity index (χ2v) is 11.4. The van der Waals surface area contributed by atoms with Crippen molar-refractivity contribution in [3.05, 3.63) is 63.4 Å². The van der Waals surface area contributed by atoms with Crippen molar-refractivity contribution in [2.24, 2.45) is 5.41 Å². The molecule has 1 aliphatic rings. The molecule has 0 aromatic heterocycles. The van der Waals surface area contributed by atoms with Gasteiger partial charge in [-0.05, 0) is 34.7 Å². The van der Waals surface area contributed by atoms with Gasteiger partial charge < -0.3 is 16.0 Å². The molecule has 0 spiro atoms. The Morgan fingerprint density at radius 1 is 1.17 bits per heavy atom. The summed E-state index contributed by atoms with van der Waals surface area (Å²) in [5.74, 6) is -1.40. The van der Waals surface area contributed by atoms with Crippen LogP contribution in [0.3, 0.4) is 0 Å². The van der Waals surface area contributed by atoms with Crippen molar-refractivity contribution in [3.63, 3.8) is 0 Å². The first kappa shape index (κ1) is 29.7. The number of amides is 2. The van der Waals surface area contributed by atoms with E-state index in [1.165, 1.54) is 6.07 Å². The normalized spacial score (nSPS) is 15.2. The summed E-state index contributed by atoms with van der Waals surface area (Å²) in [7, 11) is 0. The zero-order chi connectivity index (χ0) is 27.0. The standard InChI is InChI=1S/C22H22Cl2FN3O3.C5H12/c1-12(17-3-2-4-18(24)20(17)25)21(22(31)28-15-8-16(30)9-15)26-10-13-5-6-14(23)7-19(13)27-11-29;1-5(2,3)4/h2-7,11-12,15,21,26H,8-10H2,1H3,(H,27,29)(H,28,31);1-4H3. The number of halogens is 3. The van der Waals surface area contributed by atoms with Crippen LogP contribution in [0.2, 0.25) is 10.0 Å². The Morgan fingerprint density at radius 2 is 1.81 bits per heavy atom. The number of hydrogen-bond acceptors (Lipinski definition) is 4. The summed E-state index contributed by atoms with van der Waals surface area (Å²) < 4.78 is 14.6. The molecule has 36 heavy (non-hydrogen) atoms. The first-order valence-corrected chi connectivity index (χ1v) is 12.5. The van der Waals surface area contributed by atoms with Crippen LogP contribution >= 0.6 is 23.2 Å². The minimum absolute atomic E-state index is 0.0248. The van der Waals surface area contributed by atoms with Crippen molar-refractivity contribution in [1.82, 2.24) is 10.6 Å². The summed E-state index contributed by atoms with van der Waals surface area (Å²) >= 11 is 11.9. The van der Waals surface area contributed by atoms with Crippen LogP contribution in [0.1, 0.15) is 64.5 Å². The number of hydrogen-bond donors (Lipinski definition) is 3. The molecule has 1 aliphatic carbocycles. The average Bonchev–Trinajstić information content (AvgIpc) is 2.75. The van der Waals surface area contributed by atoms with Crippen LogP contribution in [-0.4, -0.2) is 30.2 Å². The monoisotopic (exact) mass is 537 g/mol. The van der Waals surface area contributed by atoms with Crippen LogP contribution in [0.25, 0.3) is 0 Å². The number of Topliss-reactive ketones (excluding diaryl/α,β-unsaturated/α-hetero) is 1. The summed E-state index contributed by atoms with van der Waals surface area (Å²) in [6.07, 6.45) is 1.13. The van der Waals surface area contributed by atoms with Gasteiger partial charge in [-0.3, -0.25) is 14.4 Å². The van der Waals surface area contributed by atoms with Crippen LogP contribution in [0, 0.1) is 11.2 Å². The summed E-state index contributed by atoms with van der Waals surface area (Å²) in [5, 5.41) is 9.01. The predicted octanol–water partition coefficient (Wildman–Crippen LogP) is 5.86. The molecule has 3 N–H and O–H groups in total. The SMILES string of the molecule is CC(C)(C)C.CC(c1cccc(Cl)c1F)C(NCc1ccc(Cl)cc1NC=O)C(=O)NC1CC(=O)C1. The molecular formula is C27H34Cl2FN3O3. The molecule has 0 aliphatic heterocycles. The van der Waals surface area contributed by atoms with Gasteiger partial charge in [0.05, 0.1) is 11.1 Å².